The average Bonchev–Trinajstić information content (AvgIpc) is 3.34. The van der Waals surface area contributed by atoms with Gasteiger partial charge in [0.25, 0.3) is 0 Å². The van der Waals surface area contributed by atoms with E-state index in [2.05, 4.69) is 20.6 Å². The molecule has 0 aliphatic rings. The third kappa shape index (κ3) is 6.28. The van der Waals surface area contributed by atoms with E-state index in [0.717, 1.165) is 0 Å². The summed E-state index contributed by atoms with van der Waals surface area (Å²) in [5.74, 6) is -1.23. The van der Waals surface area contributed by atoms with Gasteiger partial charge in [0.05, 0.1) is 17.7 Å². The minimum absolute atomic E-state index is 0.165. The molecule has 0 saturated carbocycles. The molecule has 2 aromatic heterocycles. The van der Waals surface area contributed by atoms with Gasteiger partial charge in [-0.2, -0.15) is 0 Å². The van der Waals surface area contributed by atoms with Crippen LogP contribution in [-0.2, 0) is 20.9 Å². The highest BCUT2D eigenvalue weighted by Crippen LogP contribution is 2.30. The number of pyridine rings is 1. The number of fused-ring (bicyclic) bond motifs is 1. The van der Waals surface area contributed by atoms with Crippen molar-refractivity contribution in [2.24, 2.45) is 0 Å². The minimum Gasteiger partial charge on any atom is -0.462 e. The van der Waals surface area contributed by atoms with Crippen LogP contribution >= 0.6 is 0 Å². The number of aromatic nitrogens is 4. The van der Waals surface area contributed by atoms with Crippen molar-refractivity contribution in [3.05, 3.63) is 84.2 Å². The van der Waals surface area contributed by atoms with Gasteiger partial charge in [-0.15, -0.1) is 5.10 Å². The number of rotatable bonds is 10. The summed E-state index contributed by atoms with van der Waals surface area (Å²) in [6.45, 7) is 7.64. The van der Waals surface area contributed by atoms with Gasteiger partial charge < -0.3 is 10.1 Å². The zero-order valence-electron chi connectivity index (χ0n) is 22.5. The van der Waals surface area contributed by atoms with Crippen LogP contribution in [0.3, 0.4) is 0 Å². The smallest absolute Gasteiger partial charge is 0.338 e. The summed E-state index contributed by atoms with van der Waals surface area (Å²) in [5, 5.41) is 11.4. The van der Waals surface area contributed by atoms with E-state index in [1.807, 2.05) is 45.0 Å². The quantitative estimate of drug-likeness (QED) is 0.308. The summed E-state index contributed by atoms with van der Waals surface area (Å²) < 4.78 is 6.60. The highest BCUT2D eigenvalue weighted by Gasteiger charge is 2.35. The molecule has 202 valence electrons. The first-order valence-corrected chi connectivity index (χ1v) is 12.8. The number of benzene rings is 2. The molecule has 2 heterocycles. The Morgan fingerprint density at radius 2 is 1.77 bits per heavy atom. The molecule has 0 saturated heterocycles. The Kier molecular flexibility index (Phi) is 8.33. The third-order valence-corrected chi connectivity index (χ3v) is 6.48. The van der Waals surface area contributed by atoms with Crippen LogP contribution in [0, 0.1) is 0 Å². The lowest BCUT2D eigenvalue weighted by molar-refractivity contribution is -0.128. The fourth-order valence-corrected chi connectivity index (χ4v) is 4.09. The van der Waals surface area contributed by atoms with Crippen LogP contribution in [-0.4, -0.2) is 49.9 Å². The van der Waals surface area contributed by atoms with E-state index in [1.165, 1.54) is 9.58 Å². The van der Waals surface area contributed by atoms with E-state index >= 15 is 0 Å². The van der Waals surface area contributed by atoms with Crippen LogP contribution in [0.4, 0.5) is 5.69 Å². The number of carbonyl (C=O) groups excluding carboxylic acids is 3. The lowest BCUT2D eigenvalue weighted by atomic mass is 9.99. The maximum atomic E-state index is 14.1. The topological polar surface area (TPSA) is 119 Å². The average molecular weight is 529 g/mol. The predicted octanol–water partition coefficient (Wildman–Crippen LogP) is 4.08. The van der Waals surface area contributed by atoms with Crippen LogP contribution in [0.15, 0.2) is 73.1 Å². The van der Waals surface area contributed by atoms with Gasteiger partial charge in [0.1, 0.15) is 18.1 Å². The number of para-hydroxylation sites is 1. The highest BCUT2D eigenvalue weighted by atomic mass is 16.5. The van der Waals surface area contributed by atoms with Crippen LogP contribution in [0.1, 0.15) is 56.1 Å². The lowest BCUT2D eigenvalue weighted by Crippen LogP contribution is -2.51. The summed E-state index contributed by atoms with van der Waals surface area (Å²) in [4.78, 5) is 45.8. The molecule has 0 fully saturated rings. The van der Waals surface area contributed by atoms with Crippen LogP contribution in [0.5, 0.6) is 0 Å². The number of hydrogen-bond acceptors (Lipinski definition) is 7. The van der Waals surface area contributed by atoms with Gasteiger partial charge in [-0.25, -0.2) is 9.48 Å². The maximum absolute atomic E-state index is 14.1. The van der Waals surface area contributed by atoms with Crippen molar-refractivity contribution in [3.63, 3.8) is 0 Å². The highest BCUT2D eigenvalue weighted by molar-refractivity contribution is 6.02. The van der Waals surface area contributed by atoms with Gasteiger partial charge >= 0.3 is 5.97 Å². The van der Waals surface area contributed by atoms with Crippen LogP contribution < -0.4 is 10.2 Å². The number of amides is 2. The molecule has 0 radical (unpaired) electrons. The van der Waals surface area contributed by atoms with E-state index in [0.29, 0.717) is 34.3 Å². The van der Waals surface area contributed by atoms with Crippen molar-refractivity contribution in [2.45, 2.75) is 52.2 Å². The first-order chi connectivity index (χ1) is 18.7. The van der Waals surface area contributed by atoms with E-state index < -0.39 is 23.5 Å². The molecule has 10 nitrogen and oxygen atoms in total. The molecule has 4 aromatic rings. The Morgan fingerprint density at radius 3 is 2.44 bits per heavy atom. The molecular formula is C29H32N6O4. The molecule has 1 atom stereocenters. The SMILES string of the molecule is CCOC(=O)c1ccc(N(C(=O)Cn2nnc3ccccc32)C(C(=O)NC(C)(C)CC)c2cccnc2)cc1. The number of nitrogens with one attached hydrogen (secondary N) is 1. The van der Waals surface area contributed by atoms with Gasteiger partial charge in [-0.1, -0.05) is 30.3 Å². The van der Waals surface area contributed by atoms with E-state index in [4.69, 9.17) is 4.74 Å². The third-order valence-electron chi connectivity index (χ3n) is 6.48. The van der Waals surface area contributed by atoms with Crippen LogP contribution in [0.25, 0.3) is 11.0 Å². The standard InChI is InChI=1S/C29H32N6O4/c1-5-29(3,4)31-27(37)26(21-10-9-17-30-18-21)35(22-15-13-20(14-16-22)28(38)39-6-2)25(36)19-34-24-12-8-7-11-23(24)32-33-34/h7-18,26H,5-6,19H2,1-4H3,(H,31,37). The fourth-order valence-electron chi connectivity index (χ4n) is 4.09. The first-order valence-electron chi connectivity index (χ1n) is 12.8. The Balaban J connectivity index is 1.80. The Labute approximate surface area is 227 Å². The van der Waals surface area contributed by atoms with Crippen molar-refractivity contribution in [1.29, 1.82) is 0 Å². The van der Waals surface area contributed by atoms with Gasteiger partial charge in [-0.05, 0) is 69.7 Å². The molecule has 2 aromatic carbocycles. The number of anilines is 1. The molecule has 0 bridgehead atoms. The molecule has 0 aliphatic heterocycles. The van der Waals surface area contributed by atoms with Crippen LogP contribution in [0.2, 0.25) is 0 Å². The van der Waals surface area contributed by atoms with Gasteiger partial charge in [0.2, 0.25) is 11.8 Å². The zero-order valence-corrected chi connectivity index (χ0v) is 22.5. The predicted molar refractivity (Wildman–Crippen MR) is 147 cm³/mol. The molecule has 2 amide bonds. The summed E-state index contributed by atoms with van der Waals surface area (Å²) in [6.07, 6.45) is 3.86. The summed E-state index contributed by atoms with van der Waals surface area (Å²) in [7, 11) is 0. The molecular weight excluding hydrogens is 496 g/mol. The largest absolute Gasteiger partial charge is 0.462 e. The van der Waals surface area contributed by atoms with Crippen molar-refractivity contribution < 1.29 is 19.1 Å². The summed E-state index contributed by atoms with van der Waals surface area (Å²) in [6, 6.07) is 16.2. The molecule has 4 rings (SSSR count). The fraction of sp³-hybridized carbons (Fsp3) is 0.310. The molecule has 0 aliphatic carbocycles. The normalized spacial score (nSPS) is 12.1. The van der Waals surface area contributed by atoms with E-state index in [-0.39, 0.29) is 19.1 Å². The molecule has 1 N–H and O–H groups in total. The summed E-state index contributed by atoms with van der Waals surface area (Å²) in [5.41, 5.74) is 2.14. The molecule has 1 unspecified atom stereocenters. The second kappa shape index (κ2) is 11.8. The lowest BCUT2D eigenvalue weighted by Gasteiger charge is -2.34. The number of ether oxygens (including phenoxy) is 1. The number of hydrogen-bond donors (Lipinski definition) is 1. The number of esters is 1. The Morgan fingerprint density at radius 1 is 1.03 bits per heavy atom. The minimum atomic E-state index is -1.04. The van der Waals surface area contributed by atoms with Crippen molar-refractivity contribution >= 4 is 34.5 Å². The summed E-state index contributed by atoms with van der Waals surface area (Å²) >= 11 is 0. The molecule has 39 heavy (non-hydrogen) atoms. The van der Waals surface area contributed by atoms with Crippen molar-refractivity contribution in [2.75, 3.05) is 11.5 Å². The maximum Gasteiger partial charge on any atom is 0.338 e. The first kappa shape index (κ1) is 27.4. The van der Waals surface area contributed by atoms with E-state index in [9.17, 15) is 14.4 Å². The number of carbonyl (C=O) groups is 3. The number of nitrogens with zero attached hydrogens (tertiary/aromatic N) is 5. The molecule has 0 spiro atoms. The second-order valence-electron chi connectivity index (χ2n) is 9.68. The Bertz CT molecular complexity index is 1450. The molecule has 10 heteroatoms. The van der Waals surface area contributed by atoms with Crippen molar-refractivity contribution in [3.8, 4) is 0 Å². The monoisotopic (exact) mass is 528 g/mol. The zero-order chi connectivity index (χ0) is 28.0. The van der Waals surface area contributed by atoms with Gasteiger partial charge in [-0.3, -0.25) is 19.5 Å². The van der Waals surface area contributed by atoms with Gasteiger partial charge in [0.15, 0.2) is 0 Å². The van der Waals surface area contributed by atoms with Gasteiger partial charge in [0, 0.05) is 29.2 Å². The Hall–Kier alpha value is -4.60. The van der Waals surface area contributed by atoms with Crippen molar-refractivity contribution in [1.82, 2.24) is 25.3 Å². The second-order valence-corrected chi connectivity index (χ2v) is 9.68. The van der Waals surface area contributed by atoms with E-state index in [1.54, 1.807) is 55.7 Å².